The van der Waals surface area contributed by atoms with Crippen LogP contribution in [-0.4, -0.2) is 19.1 Å². The maximum atomic E-state index is 5.88. The van der Waals surface area contributed by atoms with E-state index in [4.69, 9.17) is 5.73 Å². The maximum absolute atomic E-state index is 5.88. The fourth-order valence-corrected chi connectivity index (χ4v) is 2.66. The summed E-state index contributed by atoms with van der Waals surface area (Å²) in [7, 11) is 2.06. The van der Waals surface area contributed by atoms with Crippen LogP contribution < -0.4 is 11.1 Å². The minimum atomic E-state index is 0.240. The van der Waals surface area contributed by atoms with Crippen LogP contribution in [0, 0.1) is 11.8 Å². The van der Waals surface area contributed by atoms with E-state index in [1.165, 1.54) is 32.1 Å². The summed E-state index contributed by atoms with van der Waals surface area (Å²) >= 11 is 0. The van der Waals surface area contributed by atoms with Gasteiger partial charge in [-0.3, -0.25) is 0 Å². The van der Waals surface area contributed by atoms with E-state index in [0.717, 1.165) is 18.4 Å². The summed E-state index contributed by atoms with van der Waals surface area (Å²) in [6.45, 7) is 5.48. The molecule has 2 unspecified atom stereocenters. The molecule has 14 heavy (non-hydrogen) atoms. The molecule has 0 aliphatic heterocycles. The topological polar surface area (TPSA) is 38.0 Å². The Kier molecular flexibility index (Phi) is 4.39. The molecular weight excluding hydrogens is 172 g/mol. The second kappa shape index (κ2) is 5.13. The van der Waals surface area contributed by atoms with Crippen molar-refractivity contribution in [2.24, 2.45) is 17.6 Å². The Morgan fingerprint density at radius 1 is 1.36 bits per heavy atom. The minimum absolute atomic E-state index is 0.240. The zero-order valence-electron chi connectivity index (χ0n) is 9.97. The Balaban J connectivity index is 2.55. The Morgan fingerprint density at radius 2 is 2.07 bits per heavy atom. The predicted octanol–water partition coefficient (Wildman–Crippen LogP) is 2.14. The monoisotopic (exact) mass is 198 g/mol. The SMILES string of the molecule is CNC1(CN)CCCC(C(C)C)CC1. The highest BCUT2D eigenvalue weighted by molar-refractivity contribution is 4.91. The highest BCUT2D eigenvalue weighted by Crippen LogP contribution is 2.33. The molecule has 0 heterocycles. The molecule has 2 nitrogen and oxygen atoms in total. The summed E-state index contributed by atoms with van der Waals surface area (Å²) in [5.41, 5.74) is 6.12. The van der Waals surface area contributed by atoms with E-state index < -0.39 is 0 Å². The van der Waals surface area contributed by atoms with Gasteiger partial charge in [0, 0.05) is 12.1 Å². The maximum Gasteiger partial charge on any atom is 0.0301 e. The largest absolute Gasteiger partial charge is 0.329 e. The van der Waals surface area contributed by atoms with Crippen LogP contribution in [0.25, 0.3) is 0 Å². The van der Waals surface area contributed by atoms with Crippen molar-refractivity contribution in [3.63, 3.8) is 0 Å². The Hall–Kier alpha value is -0.0800. The van der Waals surface area contributed by atoms with E-state index in [0.29, 0.717) is 0 Å². The van der Waals surface area contributed by atoms with E-state index in [9.17, 15) is 0 Å². The van der Waals surface area contributed by atoms with Crippen LogP contribution in [0.4, 0.5) is 0 Å². The van der Waals surface area contributed by atoms with E-state index >= 15 is 0 Å². The van der Waals surface area contributed by atoms with Gasteiger partial charge in [-0.1, -0.05) is 26.7 Å². The quantitative estimate of drug-likeness (QED) is 0.682. The van der Waals surface area contributed by atoms with E-state index in [-0.39, 0.29) is 5.54 Å². The molecule has 0 amide bonds. The molecule has 2 atom stereocenters. The third kappa shape index (κ3) is 2.71. The Bertz CT molecular complexity index is 162. The zero-order chi connectivity index (χ0) is 10.6. The number of rotatable bonds is 3. The Morgan fingerprint density at radius 3 is 2.57 bits per heavy atom. The van der Waals surface area contributed by atoms with Gasteiger partial charge in [-0.2, -0.15) is 0 Å². The second-order valence-electron chi connectivity index (χ2n) is 5.17. The lowest BCUT2D eigenvalue weighted by molar-refractivity contribution is 0.295. The van der Waals surface area contributed by atoms with Crippen LogP contribution in [0.2, 0.25) is 0 Å². The molecule has 2 heteroatoms. The van der Waals surface area contributed by atoms with E-state index in [1.807, 2.05) is 0 Å². The van der Waals surface area contributed by atoms with Crippen molar-refractivity contribution in [3.05, 3.63) is 0 Å². The molecule has 0 aromatic heterocycles. The first-order chi connectivity index (χ1) is 6.63. The summed E-state index contributed by atoms with van der Waals surface area (Å²) in [6.07, 6.45) is 6.57. The number of hydrogen-bond acceptors (Lipinski definition) is 2. The van der Waals surface area contributed by atoms with Crippen LogP contribution in [0.1, 0.15) is 46.0 Å². The van der Waals surface area contributed by atoms with Gasteiger partial charge in [0.05, 0.1) is 0 Å². The van der Waals surface area contributed by atoms with Crippen molar-refractivity contribution < 1.29 is 0 Å². The molecule has 0 aromatic rings. The van der Waals surface area contributed by atoms with Gasteiger partial charge in [0.25, 0.3) is 0 Å². The van der Waals surface area contributed by atoms with Gasteiger partial charge in [-0.05, 0) is 38.1 Å². The number of nitrogens with two attached hydrogens (primary N) is 1. The van der Waals surface area contributed by atoms with Crippen molar-refractivity contribution in [2.75, 3.05) is 13.6 Å². The Labute approximate surface area is 88.6 Å². The third-order valence-electron chi connectivity index (χ3n) is 4.09. The normalized spacial score (nSPS) is 34.5. The van der Waals surface area contributed by atoms with Crippen molar-refractivity contribution in [3.8, 4) is 0 Å². The summed E-state index contributed by atoms with van der Waals surface area (Å²) in [6, 6.07) is 0. The average molecular weight is 198 g/mol. The van der Waals surface area contributed by atoms with Gasteiger partial charge in [0.15, 0.2) is 0 Å². The lowest BCUT2D eigenvalue weighted by Crippen LogP contribution is -2.49. The van der Waals surface area contributed by atoms with Crippen LogP contribution >= 0.6 is 0 Å². The van der Waals surface area contributed by atoms with Crippen molar-refractivity contribution in [1.82, 2.24) is 5.32 Å². The molecule has 0 aromatic carbocycles. The molecule has 1 fully saturated rings. The van der Waals surface area contributed by atoms with E-state index in [1.54, 1.807) is 0 Å². The van der Waals surface area contributed by atoms with Crippen molar-refractivity contribution in [1.29, 1.82) is 0 Å². The van der Waals surface area contributed by atoms with Gasteiger partial charge in [0.2, 0.25) is 0 Å². The fraction of sp³-hybridized carbons (Fsp3) is 1.00. The van der Waals surface area contributed by atoms with Crippen molar-refractivity contribution in [2.45, 2.75) is 51.5 Å². The molecular formula is C12H26N2. The molecule has 0 radical (unpaired) electrons. The average Bonchev–Trinajstić information content (AvgIpc) is 2.40. The van der Waals surface area contributed by atoms with E-state index in [2.05, 4.69) is 26.2 Å². The molecule has 1 aliphatic rings. The summed E-state index contributed by atoms with van der Waals surface area (Å²) in [4.78, 5) is 0. The molecule has 0 bridgehead atoms. The fourth-order valence-electron chi connectivity index (χ4n) is 2.66. The number of likely N-dealkylation sites (N-methyl/N-ethyl adjacent to an activating group) is 1. The van der Waals surface area contributed by atoms with Crippen LogP contribution in [0.3, 0.4) is 0 Å². The summed E-state index contributed by atoms with van der Waals surface area (Å²) < 4.78 is 0. The number of hydrogen-bond donors (Lipinski definition) is 2. The lowest BCUT2D eigenvalue weighted by Gasteiger charge is -2.31. The standard InChI is InChI=1S/C12H26N2/c1-10(2)11-5-4-7-12(9-13,14-3)8-6-11/h10-11,14H,4-9,13H2,1-3H3. The first-order valence-electron chi connectivity index (χ1n) is 6.02. The molecule has 0 spiro atoms. The highest BCUT2D eigenvalue weighted by Gasteiger charge is 2.30. The van der Waals surface area contributed by atoms with Gasteiger partial charge in [-0.15, -0.1) is 0 Å². The second-order valence-corrected chi connectivity index (χ2v) is 5.17. The van der Waals surface area contributed by atoms with Crippen LogP contribution in [-0.2, 0) is 0 Å². The predicted molar refractivity (Wildman–Crippen MR) is 62.3 cm³/mol. The minimum Gasteiger partial charge on any atom is -0.329 e. The van der Waals surface area contributed by atoms with Crippen LogP contribution in [0.15, 0.2) is 0 Å². The van der Waals surface area contributed by atoms with Gasteiger partial charge in [-0.25, -0.2) is 0 Å². The van der Waals surface area contributed by atoms with Crippen molar-refractivity contribution >= 4 is 0 Å². The third-order valence-corrected chi connectivity index (χ3v) is 4.09. The smallest absolute Gasteiger partial charge is 0.0301 e. The summed E-state index contributed by atoms with van der Waals surface area (Å²) in [5.74, 6) is 1.75. The first-order valence-corrected chi connectivity index (χ1v) is 6.02. The summed E-state index contributed by atoms with van der Waals surface area (Å²) in [5, 5.41) is 3.44. The zero-order valence-corrected chi connectivity index (χ0v) is 9.97. The lowest BCUT2D eigenvalue weighted by atomic mass is 9.86. The molecule has 0 saturated heterocycles. The molecule has 1 saturated carbocycles. The van der Waals surface area contributed by atoms with Crippen LogP contribution in [0.5, 0.6) is 0 Å². The van der Waals surface area contributed by atoms with Gasteiger partial charge >= 0.3 is 0 Å². The number of nitrogens with one attached hydrogen (secondary N) is 1. The van der Waals surface area contributed by atoms with Gasteiger partial charge < -0.3 is 11.1 Å². The molecule has 3 N–H and O–H groups in total. The highest BCUT2D eigenvalue weighted by atomic mass is 15.0. The first kappa shape index (κ1) is 12.0. The molecule has 1 rings (SSSR count). The van der Waals surface area contributed by atoms with Gasteiger partial charge in [0.1, 0.15) is 0 Å². The molecule has 1 aliphatic carbocycles. The molecule has 84 valence electrons.